The number of aryl methyl sites for hydroxylation is 3. The highest BCUT2D eigenvalue weighted by molar-refractivity contribution is 7.11. The summed E-state index contributed by atoms with van der Waals surface area (Å²) in [5.74, 6) is -0.969. The molecule has 122 valence electrons. The van der Waals surface area contributed by atoms with Gasteiger partial charge in [-0.3, -0.25) is 4.79 Å². The fraction of sp³-hybridized carbons (Fsp3) is 0.353. The van der Waals surface area contributed by atoms with Crippen molar-refractivity contribution in [1.29, 1.82) is 0 Å². The van der Waals surface area contributed by atoms with E-state index in [0.717, 1.165) is 21.1 Å². The molecule has 2 N–H and O–H groups in total. The van der Waals surface area contributed by atoms with Crippen LogP contribution in [0.1, 0.15) is 50.9 Å². The maximum Gasteiger partial charge on any atom is 0.335 e. The number of carboxylic acid groups (broad SMARTS) is 1. The summed E-state index contributed by atoms with van der Waals surface area (Å²) in [5, 5.41) is 12.8. The fourth-order valence-corrected chi connectivity index (χ4v) is 3.33. The van der Waals surface area contributed by atoms with Crippen molar-refractivity contribution < 1.29 is 14.7 Å². The molecule has 1 heterocycles. The molecule has 0 saturated carbocycles. The third kappa shape index (κ3) is 4.63. The van der Waals surface area contributed by atoms with E-state index < -0.39 is 5.97 Å². The number of thiazole rings is 1. The van der Waals surface area contributed by atoms with Gasteiger partial charge in [0.2, 0.25) is 5.91 Å². The van der Waals surface area contributed by atoms with Gasteiger partial charge in [0.1, 0.15) is 0 Å². The van der Waals surface area contributed by atoms with Gasteiger partial charge in [0.05, 0.1) is 22.3 Å². The van der Waals surface area contributed by atoms with E-state index in [2.05, 4.69) is 10.3 Å². The van der Waals surface area contributed by atoms with E-state index in [4.69, 9.17) is 5.11 Å². The van der Waals surface area contributed by atoms with Crippen LogP contribution in [0.15, 0.2) is 24.3 Å². The minimum Gasteiger partial charge on any atom is -0.478 e. The van der Waals surface area contributed by atoms with E-state index in [1.165, 1.54) is 0 Å². The second-order valence-electron chi connectivity index (χ2n) is 5.47. The number of hydrogen-bond acceptors (Lipinski definition) is 4. The Morgan fingerprint density at radius 2 is 1.91 bits per heavy atom. The zero-order valence-corrected chi connectivity index (χ0v) is 14.2. The van der Waals surface area contributed by atoms with Gasteiger partial charge in [-0.05, 0) is 44.9 Å². The predicted molar refractivity (Wildman–Crippen MR) is 89.9 cm³/mol. The van der Waals surface area contributed by atoms with Crippen molar-refractivity contribution >= 4 is 23.2 Å². The van der Waals surface area contributed by atoms with Gasteiger partial charge in [-0.25, -0.2) is 9.78 Å². The first kappa shape index (κ1) is 17.1. The van der Waals surface area contributed by atoms with Crippen LogP contribution in [-0.4, -0.2) is 22.0 Å². The molecule has 1 aromatic carbocycles. The van der Waals surface area contributed by atoms with Crippen molar-refractivity contribution in [3.63, 3.8) is 0 Å². The monoisotopic (exact) mass is 332 g/mol. The van der Waals surface area contributed by atoms with Crippen LogP contribution >= 0.6 is 11.3 Å². The molecule has 0 unspecified atom stereocenters. The molecular formula is C17H20N2O3S. The molecule has 5 nitrogen and oxygen atoms in total. The number of rotatable bonds is 6. The Hall–Kier alpha value is -2.21. The van der Waals surface area contributed by atoms with Gasteiger partial charge in [-0.2, -0.15) is 0 Å². The largest absolute Gasteiger partial charge is 0.478 e. The lowest BCUT2D eigenvalue weighted by atomic mass is 10.1. The molecule has 0 saturated heterocycles. The van der Waals surface area contributed by atoms with Crippen LogP contribution in [0.4, 0.5) is 0 Å². The Kier molecular flexibility index (Phi) is 5.50. The normalized spacial score (nSPS) is 12.0. The topological polar surface area (TPSA) is 79.3 Å². The molecular weight excluding hydrogens is 312 g/mol. The molecule has 2 aromatic rings. The number of aromatic carboxylic acids is 1. The summed E-state index contributed by atoms with van der Waals surface area (Å²) in [7, 11) is 0. The minimum absolute atomic E-state index is 0.0229. The lowest BCUT2D eigenvalue weighted by Crippen LogP contribution is -2.26. The van der Waals surface area contributed by atoms with Gasteiger partial charge in [0, 0.05) is 11.3 Å². The number of nitrogens with zero attached hydrogens (tertiary/aromatic N) is 1. The zero-order chi connectivity index (χ0) is 17.0. The van der Waals surface area contributed by atoms with E-state index in [1.807, 2.05) is 20.8 Å². The van der Waals surface area contributed by atoms with Gasteiger partial charge >= 0.3 is 5.97 Å². The average molecular weight is 332 g/mol. The first-order chi connectivity index (χ1) is 10.9. The quantitative estimate of drug-likeness (QED) is 0.851. The van der Waals surface area contributed by atoms with Crippen LogP contribution in [-0.2, 0) is 11.2 Å². The second kappa shape index (κ2) is 7.37. The van der Waals surface area contributed by atoms with E-state index in [1.54, 1.807) is 35.6 Å². The van der Waals surface area contributed by atoms with Crippen molar-refractivity contribution in [1.82, 2.24) is 10.3 Å². The Morgan fingerprint density at radius 3 is 2.43 bits per heavy atom. The molecule has 0 fully saturated rings. The molecule has 6 heteroatoms. The molecule has 0 aliphatic heterocycles. The number of hydrogen-bond donors (Lipinski definition) is 2. The number of amides is 1. The molecule has 0 spiro atoms. The zero-order valence-electron chi connectivity index (χ0n) is 13.4. The summed E-state index contributed by atoms with van der Waals surface area (Å²) in [6.45, 7) is 5.86. The summed E-state index contributed by atoms with van der Waals surface area (Å²) < 4.78 is 0. The first-order valence-electron chi connectivity index (χ1n) is 7.42. The Bertz CT molecular complexity index is 707. The smallest absolute Gasteiger partial charge is 0.335 e. The summed E-state index contributed by atoms with van der Waals surface area (Å²) in [5.41, 5.74) is 2.16. The molecule has 23 heavy (non-hydrogen) atoms. The average Bonchev–Trinajstić information content (AvgIpc) is 2.84. The number of carbonyl (C=O) groups excluding carboxylic acids is 1. The Morgan fingerprint density at radius 1 is 1.26 bits per heavy atom. The molecule has 0 aliphatic rings. The van der Waals surface area contributed by atoms with Crippen molar-refractivity contribution in [2.75, 3.05) is 0 Å². The Labute approximate surface area is 139 Å². The van der Waals surface area contributed by atoms with Crippen LogP contribution in [0.25, 0.3) is 0 Å². The molecule has 0 radical (unpaired) electrons. The highest BCUT2D eigenvalue weighted by Crippen LogP contribution is 2.24. The van der Waals surface area contributed by atoms with Crippen LogP contribution < -0.4 is 5.32 Å². The molecule has 0 aliphatic carbocycles. The van der Waals surface area contributed by atoms with E-state index in [0.29, 0.717) is 12.8 Å². The van der Waals surface area contributed by atoms with E-state index in [9.17, 15) is 9.59 Å². The number of nitrogens with one attached hydrogen (secondary N) is 1. The van der Waals surface area contributed by atoms with Crippen molar-refractivity contribution in [3.8, 4) is 0 Å². The predicted octanol–water partition coefficient (Wildman–Crippen LogP) is 3.27. The number of benzene rings is 1. The van der Waals surface area contributed by atoms with E-state index >= 15 is 0 Å². The van der Waals surface area contributed by atoms with Crippen molar-refractivity contribution in [3.05, 3.63) is 51.0 Å². The maximum atomic E-state index is 12.1. The summed E-state index contributed by atoms with van der Waals surface area (Å²) >= 11 is 1.60. The van der Waals surface area contributed by atoms with Gasteiger partial charge < -0.3 is 10.4 Å². The van der Waals surface area contributed by atoms with Gasteiger partial charge in [0.25, 0.3) is 0 Å². The van der Waals surface area contributed by atoms with E-state index in [-0.39, 0.29) is 17.5 Å². The number of carboxylic acids is 1. The highest BCUT2D eigenvalue weighted by Gasteiger charge is 2.15. The van der Waals surface area contributed by atoms with Crippen LogP contribution in [0.2, 0.25) is 0 Å². The first-order valence-corrected chi connectivity index (χ1v) is 8.24. The molecule has 1 atom stereocenters. The number of aromatic nitrogens is 1. The highest BCUT2D eigenvalue weighted by atomic mass is 32.1. The van der Waals surface area contributed by atoms with Gasteiger partial charge in [-0.1, -0.05) is 12.1 Å². The standard InChI is InChI=1S/C17H20N2O3S/c1-10-16(23-12(3)18-10)11(2)19-15(20)9-6-13-4-7-14(8-5-13)17(21)22/h4-5,7-8,11H,6,9H2,1-3H3,(H,19,20)(H,21,22)/t11-/m1/s1. The SMILES string of the molecule is Cc1nc(C)c([C@@H](C)NC(=O)CCc2ccc(C(=O)O)cc2)s1. The molecule has 0 bridgehead atoms. The van der Waals surface area contributed by atoms with Crippen molar-refractivity contribution in [2.24, 2.45) is 0 Å². The fourth-order valence-electron chi connectivity index (χ4n) is 2.40. The third-order valence-corrected chi connectivity index (χ3v) is 4.81. The Balaban J connectivity index is 1.87. The second-order valence-corrected chi connectivity index (χ2v) is 6.71. The summed E-state index contributed by atoms with van der Waals surface area (Å²) in [6.07, 6.45) is 0.951. The lowest BCUT2D eigenvalue weighted by molar-refractivity contribution is -0.121. The van der Waals surface area contributed by atoms with Crippen LogP contribution in [0.5, 0.6) is 0 Å². The van der Waals surface area contributed by atoms with Crippen LogP contribution in [0.3, 0.4) is 0 Å². The number of carbonyl (C=O) groups is 2. The maximum absolute atomic E-state index is 12.1. The molecule has 1 amide bonds. The van der Waals surface area contributed by atoms with Gasteiger partial charge in [-0.15, -0.1) is 11.3 Å². The van der Waals surface area contributed by atoms with Crippen molar-refractivity contribution in [2.45, 2.75) is 39.7 Å². The summed E-state index contributed by atoms with van der Waals surface area (Å²) in [6, 6.07) is 6.56. The minimum atomic E-state index is -0.946. The van der Waals surface area contributed by atoms with Gasteiger partial charge in [0.15, 0.2) is 0 Å². The van der Waals surface area contributed by atoms with Crippen LogP contribution in [0, 0.1) is 13.8 Å². The summed E-state index contributed by atoms with van der Waals surface area (Å²) in [4.78, 5) is 28.3. The molecule has 1 aromatic heterocycles. The molecule has 2 rings (SSSR count). The lowest BCUT2D eigenvalue weighted by Gasteiger charge is -2.13. The third-order valence-electron chi connectivity index (χ3n) is 3.55.